The van der Waals surface area contributed by atoms with Crippen LogP contribution >= 0.6 is 23.5 Å². The van der Waals surface area contributed by atoms with E-state index in [0.29, 0.717) is 34.5 Å². The maximum Gasteiger partial charge on any atom is 0.338 e. The number of nitrogens with one attached hydrogen (secondary N) is 2. The summed E-state index contributed by atoms with van der Waals surface area (Å²) in [5.74, 6) is 0.00262. The highest BCUT2D eigenvalue weighted by atomic mass is 32.2. The average molecular weight is 470 g/mol. The summed E-state index contributed by atoms with van der Waals surface area (Å²) < 4.78 is 5.08. The van der Waals surface area contributed by atoms with E-state index in [1.54, 1.807) is 36.0 Å². The summed E-state index contributed by atoms with van der Waals surface area (Å²) in [7, 11) is 0. The first kappa shape index (κ1) is 23.6. The maximum atomic E-state index is 12.3. The van der Waals surface area contributed by atoms with Crippen LogP contribution in [0, 0.1) is 0 Å². The van der Waals surface area contributed by atoms with E-state index in [9.17, 15) is 14.4 Å². The normalized spacial score (nSPS) is 10.5. The zero-order chi connectivity index (χ0) is 22.8. The molecule has 9 heteroatoms. The predicted molar refractivity (Wildman–Crippen MR) is 127 cm³/mol. The third-order valence-corrected chi connectivity index (χ3v) is 6.00. The molecule has 0 aliphatic heterocycles. The second kappa shape index (κ2) is 12.1. The van der Waals surface area contributed by atoms with Gasteiger partial charge in [-0.15, -0.1) is 11.8 Å². The Bertz CT molecular complexity index is 1100. The number of hydrogen-bond donors (Lipinski definition) is 2. The molecule has 2 aromatic carbocycles. The molecular weight excluding hydrogens is 446 g/mol. The van der Waals surface area contributed by atoms with Crippen LogP contribution in [0.15, 0.2) is 75.5 Å². The van der Waals surface area contributed by atoms with Gasteiger partial charge in [-0.1, -0.05) is 36.9 Å². The molecule has 1 heterocycles. The number of thioether (sulfide) groups is 2. The Morgan fingerprint density at radius 3 is 2.53 bits per heavy atom. The minimum absolute atomic E-state index is 0.0819. The summed E-state index contributed by atoms with van der Waals surface area (Å²) >= 11 is 2.74. The molecule has 1 amide bonds. The van der Waals surface area contributed by atoms with Crippen LogP contribution in [0.25, 0.3) is 0 Å². The van der Waals surface area contributed by atoms with Crippen molar-refractivity contribution in [3.63, 3.8) is 0 Å². The van der Waals surface area contributed by atoms with E-state index in [-0.39, 0.29) is 23.2 Å². The van der Waals surface area contributed by atoms with Crippen LogP contribution in [0.4, 0.5) is 5.69 Å². The van der Waals surface area contributed by atoms with Gasteiger partial charge >= 0.3 is 5.97 Å². The number of benzene rings is 2. The Hall–Kier alpha value is -3.04. The van der Waals surface area contributed by atoms with Crippen molar-refractivity contribution in [1.82, 2.24) is 9.97 Å². The Morgan fingerprint density at radius 1 is 1.06 bits per heavy atom. The van der Waals surface area contributed by atoms with Gasteiger partial charge in [0.2, 0.25) is 5.91 Å². The summed E-state index contributed by atoms with van der Waals surface area (Å²) in [6, 6.07) is 17.8. The molecule has 0 aliphatic carbocycles. The van der Waals surface area contributed by atoms with Crippen LogP contribution in [-0.2, 0) is 15.3 Å². The lowest BCUT2D eigenvalue weighted by atomic mass is 10.2. The van der Waals surface area contributed by atoms with Crippen LogP contribution in [-0.4, -0.2) is 34.2 Å². The molecule has 0 saturated heterocycles. The molecule has 0 aliphatic rings. The summed E-state index contributed by atoms with van der Waals surface area (Å²) in [4.78, 5) is 44.2. The number of anilines is 1. The highest BCUT2D eigenvalue weighted by Crippen LogP contribution is 2.22. The summed E-state index contributed by atoms with van der Waals surface area (Å²) in [6.45, 7) is 2.30. The van der Waals surface area contributed by atoms with Crippen molar-refractivity contribution in [2.45, 2.75) is 29.1 Å². The second-order valence-corrected chi connectivity index (χ2v) is 8.71. The minimum Gasteiger partial charge on any atom is -0.462 e. The average Bonchev–Trinajstić information content (AvgIpc) is 2.81. The lowest BCUT2D eigenvalue weighted by Gasteiger charge is -2.07. The maximum absolute atomic E-state index is 12.3. The third-order valence-electron chi connectivity index (χ3n) is 4.08. The van der Waals surface area contributed by atoms with Crippen LogP contribution in [0.3, 0.4) is 0 Å². The Kier molecular flexibility index (Phi) is 8.94. The standard InChI is InChI=1S/C23H23N3O4S2/c1-2-12-30-22(29)16-8-10-17(11-9-16)24-21(28)15-32-23-25-18(13-20(27)26-23)14-31-19-6-4-3-5-7-19/h3-11,13H,2,12,14-15H2,1H3,(H,24,28)(H,25,26,27). The van der Waals surface area contributed by atoms with E-state index in [1.165, 1.54) is 6.07 Å². The first-order valence-corrected chi connectivity index (χ1v) is 12.0. The Balaban J connectivity index is 1.51. The van der Waals surface area contributed by atoms with Crippen molar-refractivity contribution >= 4 is 41.1 Å². The van der Waals surface area contributed by atoms with Crippen molar-refractivity contribution in [2.75, 3.05) is 17.7 Å². The topological polar surface area (TPSA) is 101 Å². The van der Waals surface area contributed by atoms with E-state index in [0.717, 1.165) is 23.1 Å². The number of aromatic amines is 1. The number of carbonyl (C=O) groups excluding carboxylic acids is 2. The summed E-state index contributed by atoms with van der Waals surface area (Å²) in [6.07, 6.45) is 0.756. The van der Waals surface area contributed by atoms with Crippen LogP contribution in [0.2, 0.25) is 0 Å². The largest absolute Gasteiger partial charge is 0.462 e. The van der Waals surface area contributed by atoms with Gasteiger partial charge in [-0.2, -0.15) is 0 Å². The fourth-order valence-electron chi connectivity index (χ4n) is 2.60. The molecule has 0 spiro atoms. The van der Waals surface area contributed by atoms with Crippen molar-refractivity contribution in [3.8, 4) is 0 Å². The molecule has 0 saturated carbocycles. The summed E-state index contributed by atoms with van der Waals surface area (Å²) in [5.41, 5.74) is 1.39. The number of nitrogens with zero attached hydrogens (tertiary/aromatic N) is 1. The third kappa shape index (κ3) is 7.58. The molecule has 3 rings (SSSR count). The van der Waals surface area contributed by atoms with Crippen molar-refractivity contribution < 1.29 is 14.3 Å². The van der Waals surface area contributed by atoms with Gasteiger partial charge in [0.25, 0.3) is 5.56 Å². The van der Waals surface area contributed by atoms with Gasteiger partial charge in [-0.3, -0.25) is 9.59 Å². The quantitative estimate of drug-likeness (QED) is 0.258. The van der Waals surface area contributed by atoms with Gasteiger partial charge < -0.3 is 15.0 Å². The van der Waals surface area contributed by atoms with Crippen LogP contribution < -0.4 is 10.9 Å². The van der Waals surface area contributed by atoms with Gasteiger partial charge in [0.05, 0.1) is 23.6 Å². The fourth-order valence-corrected chi connectivity index (χ4v) is 4.11. The molecule has 1 aromatic heterocycles. The molecule has 0 radical (unpaired) electrons. The first-order chi connectivity index (χ1) is 15.5. The number of carbonyl (C=O) groups is 2. The second-order valence-electron chi connectivity index (χ2n) is 6.69. The number of esters is 1. The molecule has 0 fully saturated rings. The van der Waals surface area contributed by atoms with E-state index in [1.807, 2.05) is 37.3 Å². The number of H-pyrrole nitrogens is 1. The predicted octanol–water partition coefficient (Wildman–Crippen LogP) is 4.36. The number of aromatic nitrogens is 2. The highest BCUT2D eigenvalue weighted by Gasteiger charge is 2.10. The van der Waals surface area contributed by atoms with Crippen molar-refractivity contribution in [2.24, 2.45) is 0 Å². The van der Waals surface area contributed by atoms with E-state index < -0.39 is 0 Å². The van der Waals surface area contributed by atoms with Crippen molar-refractivity contribution in [3.05, 3.63) is 82.3 Å². The minimum atomic E-state index is -0.388. The number of hydrogen-bond acceptors (Lipinski definition) is 7. The smallest absolute Gasteiger partial charge is 0.338 e. The van der Waals surface area contributed by atoms with Gasteiger partial charge in [0, 0.05) is 22.4 Å². The Labute approximate surface area is 194 Å². The lowest BCUT2D eigenvalue weighted by Crippen LogP contribution is -2.16. The van der Waals surface area contributed by atoms with E-state index in [4.69, 9.17) is 4.74 Å². The zero-order valence-electron chi connectivity index (χ0n) is 17.5. The first-order valence-electron chi connectivity index (χ1n) is 10.0. The molecule has 0 unspecified atom stereocenters. The molecule has 2 N–H and O–H groups in total. The van der Waals surface area contributed by atoms with Crippen LogP contribution in [0.5, 0.6) is 0 Å². The monoisotopic (exact) mass is 469 g/mol. The van der Waals surface area contributed by atoms with E-state index >= 15 is 0 Å². The molecule has 32 heavy (non-hydrogen) atoms. The van der Waals surface area contributed by atoms with Gasteiger partial charge in [0.15, 0.2) is 5.16 Å². The molecule has 166 valence electrons. The molecular formula is C23H23N3O4S2. The molecule has 0 bridgehead atoms. The van der Waals surface area contributed by atoms with Gasteiger partial charge in [-0.25, -0.2) is 9.78 Å². The van der Waals surface area contributed by atoms with Crippen LogP contribution in [0.1, 0.15) is 29.4 Å². The molecule has 3 aromatic rings. The number of amides is 1. The fraction of sp³-hybridized carbons (Fsp3) is 0.217. The molecule has 0 atom stereocenters. The highest BCUT2D eigenvalue weighted by molar-refractivity contribution is 7.99. The van der Waals surface area contributed by atoms with Crippen molar-refractivity contribution in [1.29, 1.82) is 0 Å². The van der Waals surface area contributed by atoms with Gasteiger partial charge in [0.1, 0.15) is 0 Å². The Morgan fingerprint density at radius 2 is 1.81 bits per heavy atom. The summed E-state index contributed by atoms with van der Waals surface area (Å²) in [5, 5.41) is 3.16. The lowest BCUT2D eigenvalue weighted by molar-refractivity contribution is -0.113. The number of rotatable bonds is 10. The zero-order valence-corrected chi connectivity index (χ0v) is 19.1. The SMILES string of the molecule is CCCOC(=O)c1ccc(NC(=O)CSc2nc(CSc3ccccc3)cc(=O)[nH]2)cc1. The van der Waals surface area contributed by atoms with Gasteiger partial charge in [-0.05, 0) is 42.8 Å². The molecule has 7 nitrogen and oxygen atoms in total. The van der Waals surface area contributed by atoms with E-state index in [2.05, 4.69) is 15.3 Å². The number of ether oxygens (including phenoxy) is 1.